The highest BCUT2D eigenvalue weighted by molar-refractivity contribution is 7.89. The molecule has 2 aromatic heterocycles. The smallest absolute Gasteiger partial charge is 0.241 e. The van der Waals surface area contributed by atoms with Gasteiger partial charge in [-0.05, 0) is 19.5 Å². The minimum Gasteiger partial charge on any atom is -0.339 e. The molecule has 0 unspecified atom stereocenters. The molecule has 0 aromatic carbocycles. The van der Waals surface area contributed by atoms with Gasteiger partial charge >= 0.3 is 0 Å². The maximum atomic E-state index is 12.1. The first kappa shape index (κ1) is 16.1. The highest BCUT2D eigenvalue weighted by Crippen LogP contribution is 2.19. The summed E-state index contributed by atoms with van der Waals surface area (Å²) in [4.78, 5) is 5.31. The second-order valence-corrected chi connectivity index (χ2v) is 7.17. The zero-order chi connectivity index (χ0) is 15.3. The fourth-order valence-corrected chi connectivity index (χ4v) is 3.94. The van der Waals surface area contributed by atoms with Crippen LogP contribution in [0.1, 0.15) is 23.5 Å². The highest BCUT2D eigenvalue weighted by atomic mass is 32.2. The number of aryl methyl sites for hydroxylation is 1. The minimum absolute atomic E-state index is 0.225. The molecule has 0 aliphatic heterocycles. The first-order valence-electron chi connectivity index (χ1n) is 6.58. The summed E-state index contributed by atoms with van der Waals surface area (Å²) < 4.78 is 31.7. The van der Waals surface area contributed by atoms with Crippen LogP contribution in [0.15, 0.2) is 20.9 Å². The van der Waals surface area contributed by atoms with Gasteiger partial charge in [0, 0.05) is 29.8 Å². The molecule has 116 valence electrons. The van der Waals surface area contributed by atoms with Crippen molar-refractivity contribution in [2.24, 2.45) is 0 Å². The maximum absolute atomic E-state index is 12.1. The minimum atomic E-state index is -3.49. The summed E-state index contributed by atoms with van der Waals surface area (Å²) in [5.41, 5.74) is 0. The molecule has 0 bridgehead atoms. The normalized spacial score (nSPS) is 11.9. The predicted molar refractivity (Wildman–Crippen MR) is 79.6 cm³/mol. The van der Waals surface area contributed by atoms with Gasteiger partial charge in [0.1, 0.15) is 0 Å². The van der Waals surface area contributed by atoms with E-state index in [1.54, 1.807) is 18.4 Å². The Morgan fingerprint density at radius 2 is 2.24 bits per heavy atom. The SMILES string of the molecule is CCNCc1cc(S(=O)(=O)NCCc2nc(C)no2)cs1. The topological polar surface area (TPSA) is 97.1 Å². The van der Waals surface area contributed by atoms with Crippen LogP contribution in [0, 0.1) is 6.92 Å². The molecule has 9 heteroatoms. The molecule has 0 spiro atoms. The van der Waals surface area contributed by atoms with Crippen LogP contribution in [0.2, 0.25) is 0 Å². The van der Waals surface area contributed by atoms with Crippen molar-refractivity contribution in [2.45, 2.75) is 31.7 Å². The van der Waals surface area contributed by atoms with Crippen LogP contribution >= 0.6 is 11.3 Å². The Morgan fingerprint density at radius 1 is 1.43 bits per heavy atom. The molecular weight excluding hydrogens is 312 g/mol. The van der Waals surface area contributed by atoms with Crippen LogP contribution in [0.25, 0.3) is 0 Å². The fourth-order valence-electron chi connectivity index (χ4n) is 1.66. The number of nitrogens with one attached hydrogen (secondary N) is 2. The highest BCUT2D eigenvalue weighted by Gasteiger charge is 2.16. The molecule has 0 saturated carbocycles. The van der Waals surface area contributed by atoms with E-state index in [4.69, 9.17) is 4.52 Å². The number of hydrogen-bond acceptors (Lipinski definition) is 7. The second kappa shape index (κ2) is 7.12. The zero-order valence-electron chi connectivity index (χ0n) is 11.9. The lowest BCUT2D eigenvalue weighted by molar-refractivity contribution is 0.375. The molecule has 0 aliphatic carbocycles. The van der Waals surface area contributed by atoms with Crippen LogP contribution in [0.5, 0.6) is 0 Å². The third kappa shape index (κ3) is 4.60. The van der Waals surface area contributed by atoms with Gasteiger partial charge in [-0.25, -0.2) is 13.1 Å². The van der Waals surface area contributed by atoms with Crippen molar-refractivity contribution in [1.82, 2.24) is 20.2 Å². The van der Waals surface area contributed by atoms with Crippen LogP contribution in [-0.2, 0) is 23.0 Å². The van der Waals surface area contributed by atoms with E-state index in [0.29, 0.717) is 29.6 Å². The summed E-state index contributed by atoms with van der Waals surface area (Å²) in [6, 6.07) is 1.69. The van der Waals surface area contributed by atoms with Crippen molar-refractivity contribution >= 4 is 21.4 Å². The van der Waals surface area contributed by atoms with E-state index in [0.717, 1.165) is 11.4 Å². The summed E-state index contributed by atoms with van der Waals surface area (Å²) in [5.74, 6) is 0.965. The average molecular weight is 330 g/mol. The average Bonchev–Trinajstić information content (AvgIpc) is 3.06. The molecular formula is C12H18N4O3S2. The van der Waals surface area contributed by atoms with Crippen molar-refractivity contribution in [3.8, 4) is 0 Å². The standard InChI is InChI=1S/C12H18N4O3S2/c1-3-13-7-10-6-11(8-20-10)21(17,18)14-5-4-12-15-9(2)16-19-12/h6,8,13-14H,3-5,7H2,1-2H3. The maximum Gasteiger partial charge on any atom is 0.241 e. The largest absolute Gasteiger partial charge is 0.339 e. The Morgan fingerprint density at radius 3 is 2.90 bits per heavy atom. The van der Waals surface area contributed by atoms with Crippen LogP contribution < -0.4 is 10.0 Å². The predicted octanol–water partition coefficient (Wildman–Crippen LogP) is 1.07. The number of nitrogens with zero attached hydrogens (tertiary/aromatic N) is 2. The lowest BCUT2D eigenvalue weighted by Gasteiger charge is -2.02. The number of rotatable bonds is 8. The Kier molecular flexibility index (Phi) is 5.45. The van der Waals surface area contributed by atoms with E-state index in [9.17, 15) is 8.42 Å². The summed E-state index contributed by atoms with van der Waals surface area (Å²) in [6.07, 6.45) is 0.369. The van der Waals surface area contributed by atoms with Crippen molar-refractivity contribution in [3.63, 3.8) is 0 Å². The van der Waals surface area contributed by atoms with Gasteiger partial charge in [-0.15, -0.1) is 11.3 Å². The second-order valence-electron chi connectivity index (χ2n) is 4.41. The lowest BCUT2D eigenvalue weighted by atomic mass is 10.4. The fraction of sp³-hybridized carbons (Fsp3) is 0.500. The van der Waals surface area contributed by atoms with E-state index in [1.165, 1.54) is 11.3 Å². The molecule has 0 amide bonds. The summed E-state index contributed by atoms with van der Waals surface area (Å²) in [5, 5.41) is 8.46. The molecule has 0 atom stereocenters. The number of hydrogen-bond donors (Lipinski definition) is 2. The third-order valence-electron chi connectivity index (χ3n) is 2.69. The number of aromatic nitrogens is 2. The first-order chi connectivity index (χ1) is 10.0. The van der Waals surface area contributed by atoms with Crippen LogP contribution in [-0.4, -0.2) is 31.6 Å². The van der Waals surface area contributed by atoms with Gasteiger partial charge in [0.25, 0.3) is 0 Å². The number of sulfonamides is 1. The molecule has 0 fully saturated rings. The first-order valence-corrected chi connectivity index (χ1v) is 8.94. The van der Waals surface area contributed by atoms with Crippen molar-refractivity contribution in [3.05, 3.63) is 28.0 Å². The van der Waals surface area contributed by atoms with Gasteiger partial charge in [-0.2, -0.15) is 4.98 Å². The Hall–Kier alpha value is -1.29. The molecule has 0 radical (unpaired) electrons. The van der Waals surface area contributed by atoms with Crippen LogP contribution in [0.3, 0.4) is 0 Å². The quantitative estimate of drug-likeness (QED) is 0.751. The van der Waals surface area contributed by atoms with Gasteiger partial charge in [-0.1, -0.05) is 12.1 Å². The zero-order valence-corrected chi connectivity index (χ0v) is 13.6. The molecule has 21 heavy (non-hydrogen) atoms. The molecule has 2 rings (SSSR count). The summed E-state index contributed by atoms with van der Waals surface area (Å²) in [6.45, 7) is 5.47. The molecule has 2 aromatic rings. The van der Waals surface area contributed by atoms with Gasteiger partial charge in [0.05, 0.1) is 4.90 Å². The summed E-state index contributed by atoms with van der Waals surface area (Å²) in [7, 11) is -3.49. The van der Waals surface area contributed by atoms with Crippen molar-refractivity contribution < 1.29 is 12.9 Å². The van der Waals surface area contributed by atoms with Gasteiger partial charge in [-0.3, -0.25) is 0 Å². The van der Waals surface area contributed by atoms with E-state index >= 15 is 0 Å². The van der Waals surface area contributed by atoms with Crippen LogP contribution in [0.4, 0.5) is 0 Å². The third-order valence-corrected chi connectivity index (χ3v) is 5.22. The lowest BCUT2D eigenvalue weighted by Crippen LogP contribution is -2.25. The Labute approximate surface area is 127 Å². The molecule has 7 nitrogen and oxygen atoms in total. The van der Waals surface area contributed by atoms with E-state index in [-0.39, 0.29) is 6.54 Å². The number of thiophene rings is 1. The molecule has 2 heterocycles. The van der Waals surface area contributed by atoms with E-state index in [2.05, 4.69) is 20.2 Å². The van der Waals surface area contributed by atoms with Crippen molar-refractivity contribution in [1.29, 1.82) is 0 Å². The summed E-state index contributed by atoms with van der Waals surface area (Å²) >= 11 is 1.43. The van der Waals surface area contributed by atoms with Gasteiger partial charge in [0.15, 0.2) is 5.82 Å². The molecule has 0 aliphatic rings. The van der Waals surface area contributed by atoms with E-state index < -0.39 is 10.0 Å². The Bertz CT molecular complexity index is 678. The van der Waals surface area contributed by atoms with Crippen molar-refractivity contribution in [2.75, 3.05) is 13.1 Å². The molecule has 2 N–H and O–H groups in total. The van der Waals surface area contributed by atoms with Gasteiger partial charge in [0.2, 0.25) is 15.9 Å². The monoisotopic (exact) mass is 330 g/mol. The Balaban J connectivity index is 1.90. The molecule has 0 saturated heterocycles. The van der Waals surface area contributed by atoms with E-state index in [1.807, 2.05) is 6.92 Å². The van der Waals surface area contributed by atoms with Gasteiger partial charge < -0.3 is 9.84 Å².